The molecule has 2 spiro atoms. The third-order valence-corrected chi connectivity index (χ3v) is 15.5. The van der Waals surface area contributed by atoms with E-state index in [-0.39, 0.29) is 48.8 Å². The number of hydrogen-bond acceptors (Lipinski definition) is 10. The largest absolute Gasteiger partial charge is 0.443 e. The van der Waals surface area contributed by atoms with E-state index in [2.05, 4.69) is 27.3 Å². The van der Waals surface area contributed by atoms with Gasteiger partial charge in [-0.25, -0.2) is 9.48 Å². The SMILES string of the molecule is Cc1cc2cc3cnn(c13)COC(=O)C1(C/C=C\CC3(CC3)C(=O)OCn3c(=O)c(cc4ccccc43)C3CCN(CC3)C(=O)N[C@@H](C(=O)N3CCN(C4CCN(C)CC4)CC3)C2)CC1. The molecule has 8 bridgehead atoms. The Morgan fingerprint density at radius 3 is 2.11 bits per heavy atom. The summed E-state index contributed by atoms with van der Waals surface area (Å²) >= 11 is 0. The van der Waals surface area contributed by atoms with E-state index in [0.29, 0.717) is 88.2 Å². The third kappa shape index (κ3) is 8.81. The van der Waals surface area contributed by atoms with E-state index in [1.165, 1.54) is 0 Å². The van der Waals surface area contributed by atoms with Gasteiger partial charge in [0.2, 0.25) is 5.91 Å². The maximum atomic E-state index is 14.6. The fourth-order valence-corrected chi connectivity index (χ4v) is 10.9. The number of pyridine rings is 1. The predicted molar refractivity (Wildman–Crippen MR) is 245 cm³/mol. The molecule has 5 fully saturated rings. The number of likely N-dealkylation sites (tertiary alicyclic amines) is 1. The van der Waals surface area contributed by atoms with Crippen molar-refractivity contribution < 1.29 is 28.7 Å². The van der Waals surface area contributed by atoms with Crippen LogP contribution in [0.4, 0.5) is 4.79 Å². The molecule has 3 amide bonds. The Morgan fingerprint density at radius 1 is 0.769 bits per heavy atom. The molecule has 2 aromatic heterocycles. The number of aryl methyl sites for hydroxylation is 1. The first-order valence-electron chi connectivity index (χ1n) is 23.8. The molecule has 3 saturated heterocycles. The second-order valence-corrected chi connectivity index (χ2v) is 19.8. The number of carbonyl (C=O) groups is 4. The number of allylic oxidation sites excluding steroid dienone is 2. The number of ether oxygens (including phenoxy) is 2. The summed E-state index contributed by atoms with van der Waals surface area (Å²) in [6.45, 7) is 7.59. The first-order chi connectivity index (χ1) is 31.5. The fraction of sp³-hybridized carbons (Fsp3) is 0.560. The predicted octanol–water partition coefficient (Wildman–Crippen LogP) is 5.31. The van der Waals surface area contributed by atoms with Crippen LogP contribution < -0.4 is 10.9 Å². The molecule has 0 radical (unpaired) electrons. The van der Waals surface area contributed by atoms with E-state index in [1.54, 1.807) is 20.3 Å². The highest BCUT2D eigenvalue weighted by Crippen LogP contribution is 2.52. The van der Waals surface area contributed by atoms with Crippen LogP contribution >= 0.6 is 0 Å². The van der Waals surface area contributed by atoms with Gasteiger partial charge in [0.25, 0.3) is 5.56 Å². The number of urea groups is 1. The van der Waals surface area contributed by atoms with Crippen molar-refractivity contribution in [2.24, 2.45) is 10.8 Å². The molecule has 6 aliphatic heterocycles. The average molecular weight is 887 g/mol. The third-order valence-electron chi connectivity index (χ3n) is 15.5. The van der Waals surface area contributed by atoms with Crippen LogP contribution in [0.2, 0.25) is 0 Å². The monoisotopic (exact) mass is 886 g/mol. The second kappa shape index (κ2) is 17.7. The Hall–Kier alpha value is -5.54. The second-order valence-electron chi connectivity index (χ2n) is 19.8. The fourth-order valence-electron chi connectivity index (χ4n) is 10.9. The molecule has 4 aromatic rings. The first-order valence-corrected chi connectivity index (χ1v) is 23.8. The van der Waals surface area contributed by atoms with Crippen molar-refractivity contribution in [1.82, 2.24) is 39.3 Å². The molecule has 344 valence electrons. The summed E-state index contributed by atoms with van der Waals surface area (Å²) in [7, 11) is 2.17. The zero-order valence-corrected chi connectivity index (χ0v) is 37.8. The highest BCUT2D eigenvalue weighted by molar-refractivity contribution is 5.89. The summed E-state index contributed by atoms with van der Waals surface area (Å²) in [6.07, 6.45) is 13.4. The number of rotatable bonds is 2. The standard InChI is InChI=1S/C50H62N8O7/c1-34-27-35-28-38-31-51-58(43(34)38)33-65-47(62)50(17-18-50)14-6-5-13-49(15-16-49)46(61)64-32-57-42-8-4-3-7-37(42)30-40(44(57)59)36-9-21-56(22-10-36)48(63)52-41(29-35)45(60)55-25-23-54(24-26-55)39-11-19-53(2)20-12-39/h3-8,27-28,30-31,36,39,41H,9-26,29,32-33H2,1-2H3,(H,52,63)/b6-5-/t41-/m1/s1. The lowest BCUT2D eigenvalue weighted by Crippen LogP contribution is -2.59. The van der Waals surface area contributed by atoms with Gasteiger partial charge in [0.15, 0.2) is 13.5 Å². The number of fused-ring (bicyclic) bond motifs is 2. The van der Waals surface area contributed by atoms with Crippen LogP contribution in [0.3, 0.4) is 0 Å². The van der Waals surface area contributed by atoms with Crippen molar-refractivity contribution in [1.29, 1.82) is 0 Å². The number of aromatic nitrogens is 3. The van der Waals surface area contributed by atoms with Crippen molar-refractivity contribution in [2.45, 2.75) is 109 Å². The normalized spacial score (nSPS) is 24.6. The van der Waals surface area contributed by atoms with E-state index in [1.807, 2.05) is 66.4 Å². The molecule has 2 aromatic carbocycles. The number of nitrogens with zero attached hydrogens (tertiary/aromatic N) is 7. The van der Waals surface area contributed by atoms with Gasteiger partial charge in [-0.05, 0) is 132 Å². The minimum atomic E-state index is -0.802. The van der Waals surface area contributed by atoms with Crippen LogP contribution in [0.1, 0.15) is 86.8 Å². The topological polar surface area (TPSA) is 152 Å². The zero-order valence-electron chi connectivity index (χ0n) is 37.8. The Kier molecular flexibility index (Phi) is 11.8. The van der Waals surface area contributed by atoms with Gasteiger partial charge >= 0.3 is 18.0 Å². The summed E-state index contributed by atoms with van der Waals surface area (Å²) in [5, 5.41) is 9.52. The van der Waals surface area contributed by atoms with Crippen LogP contribution in [0.25, 0.3) is 21.8 Å². The number of piperidine rings is 2. The molecule has 8 aliphatic rings. The summed E-state index contributed by atoms with van der Waals surface area (Å²) in [6, 6.07) is 13.1. The Balaban J connectivity index is 0.922. The van der Waals surface area contributed by atoms with Gasteiger partial charge in [0.05, 0.1) is 28.1 Å². The van der Waals surface area contributed by atoms with E-state index in [4.69, 9.17) is 9.47 Å². The number of benzene rings is 2. The van der Waals surface area contributed by atoms with Crippen molar-refractivity contribution in [3.05, 3.63) is 87.9 Å². The van der Waals surface area contributed by atoms with Crippen LogP contribution in [-0.4, -0.2) is 129 Å². The number of esters is 2. The average Bonchev–Trinajstić information content (AvgIpc) is 4.25. The summed E-state index contributed by atoms with van der Waals surface area (Å²) in [5.41, 5.74) is 2.59. The molecule has 2 saturated carbocycles. The number of para-hydroxylation sites is 1. The van der Waals surface area contributed by atoms with Crippen LogP contribution in [-0.2, 0) is 43.7 Å². The van der Waals surface area contributed by atoms with Gasteiger partial charge in [-0.15, -0.1) is 0 Å². The van der Waals surface area contributed by atoms with E-state index < -0.39 is 16.9 Å². The minimum Gasteiger partial charge on any atom is -0.443 e. The van der Waals surface area contributed by atoms with Gasteiger partial charge in [-0.1, -0.05) is 36.4 Å². The van der Waals surface area contributed by atoms with Gasteiger partial charge in [-0.3, -0.25) is 28.6 Å². The first kappa shape index (κ1) is 43.4. The summed E-state index contributed by atoms with van der Waals surface area (Å²) < 4.78 is 15.1. The molecule has 12 rings (SSSR count). The van der Waals surface area contributed by atoms with Crippen LogP contribution in [0.15, 0.2) is 65.6 Å². The lowest BCUT2D eigenvalue weighted by atomic mass is 9.89. The zero-order chi connectivity index (χ0) is 44.9. The van der Waals surface area contributed by atoms with Crippen LogP contribution in [0, 0.1) is 17.8 Å². The molecule has 15 nitrogen and oxygen atoms in total. The van der Waals surface area contributed by atoms with Crippen LogP contribution in [0.5, 0.6) is 0 Å². The van der Waals surface area contributed by atoms with Gasteiger partial charge in [-0.2, -0.15) is 5.10 Å². The van der Waals surface area contributed by atoms with Gasteiger partial charge < -0.3 is 29.5 Å². The van der Waals surface area contributed by atoms with Crippen molar-refractivity contribution in [3.8, 4) is 0 Å². The van der Waals surface area contributed by atoms with Gasteiger partial charge in [0.1, 0.15) is 6.04 Å². The molecular weight excluding hydrogens is 825 g/mol. The highest BCUT2D eigenvalue weighted by Gasteiger charge is 2.52. The van der Waals surface area contributed by atoms with E-state index >= 15 is 0 Å². The number of piperazine rings is 1. The smallest absolute Gasteiger partial charge is 0.318 e. The quantitative estimate of drug-likeness (QED) is 0.207. The lowest BCUT2D eigenvalue weighted by Gasteiger charge is -2.43. The van der Waals surface area contributed by atoms with E-state index in [0.717, 1.165) is 79.3 Å². The molecule has 0 unspecified atom stereocenters. The summed E-state index contributed by atoms with van der Waals surface area (Å²) in [4.78, 5) is 78.8. The molecule has 2 aliphatic carbocycles. The molecule has 65 heavy (non-hydrogen) atoms. The maximum absolute atomic E-state index is 14.6. The summed E-state index contributed by atoms with van der Waals surface area (Å²) in [5.74, 6) is -0.782. The number of amides is 3. The van der Waals surface area contributed by atoms with E-state index in [9.17, 15) is 24.0 Å². The lowest BCUT2D eigenvalue weighted by molar-refractivity contribution is -0.155. The highest BCUT2D eigenvalue weighted by atomic mass is 16.5. The Labute approximate surface area is 379 Å². The van der Waals surface area contributed by atoms with Crippen molar-refractivity contribution in [2.75, 3.05) is 59.4 Å². The maximum Gasteiger partial charge on any atom is 0.318 e. The molecule has 1 atom stereocenters. The molecule has 15 heteroatoms. The molecular formula is C50H62N8O7. The number of nitrogens with one attached hydrogen (secondary N) is 1. The minimum absolute atomic E-state index is 0.0262. The Bertz CT molecular complexity index is 2570. The Morgan fingerprint density at radius 2 is 1.43 bits per heavy atom. The molecule has 1 N–H and O–H groups in total. The number of carbonyl (C=O) groups excluding carboxylic acids is 4. The number of hydrogen-bond donors (Lipinski definition) is 1. The van der Waals surface area contributed by atoms with Crippen molar-refractivity contribution >= 4 is 45.7 Å². The molecule has 8 heterocycles. The van der Waals surface area contributed by atoms with Gasteiger partial charge in [0, 0.05) is 62.7 Å². The van der Waals surface area contributed by atoms with Crippen molar-refractivity contribution in [3.63, 3.8) is 0 Å².